The number of hydrogen-bond donors (Lipinski definition) is 2. The summed E-state index contributed by atoms with van der Waals surface area (Å²) in [7, 11) is 0. The van der Waals surface area contributed by atoms with Gasteiger partial charge in [0, 0.05) is 30.6 Å². The van der Waals surface area contributed by atoms with E-state index in [1.807, 2.05) is 0 Å². The standard InChI is InChI=1S/C21H38N2O/c1-5-7-8-9-11-18(3)23-21-14-12-20(13-15-21)22-16-10-17-24-19(4)6-2/h12-15,18-19,22-23H,5-11,16-17H2,1-4H3. The summed E-state index contributed by atoms with van der Waals surface area (Å²) in [6.45, 7) is 10.6. The lowest BCUT2D eigenvalue weighted by Crippen LogP contribution is -2.14. The molecule has 0 saturated carbocycles. The second kappa shape index (κ2) is 13.1. The smallest absolute Gasteiger partial charge is 0.0544 e. The van der Waals surface area contributed by atoms with Gasteiger partial charge < -0.3 is 15.4 Å². The van der Waals surface area contributed by atoms with Gasteiger partial charge in [0.25, 0.3) is 0 Å². The van der Waals surface area contributed by atoms with Crippen molar-refractivity contribution in [2.24, 2.45) is 0 Å². The van der Waals surface area contributed by atoms with Gasteiger partial charge in [-0.1, -0.05) is 39.5 Å². The van der Waals surface area contributed by atoms with E-state index in [2.05, 4.69) is 62.6 Å². The van der Waals surface area contributed by atoms with Gasteiger partial charge >= 0.3 is 0 Å². The minimum Gasteiger partial charge on any atom is -0.385 e. The highest BCUT2D eigenvalue weighted by molar-refractivity contribution is 5.53. The van der Waals surface area contributed by atoms with E-state index in [0.717, 1.165) is 26.0 Å². The fraction of sp³-hybridized carbons (Fsp3) is 0.714. The molecule has 1 aromatic carbocycles. The van der Waals surface area contributed by atoms with Crippen molar-refractivity contribution in [3.8, 4) is 0 Å². The van der Waals surface area contributed by atoms with E-state index >= 15 is 0 Å². The monoisotopic (exact) mass is 334 g/mol. The summed E-state index contributed by atoms with van der Waals surface area (Å²) in [5.41, 5.74) is 2.39. The maximum absolute atomic E-state index is 5.69. The predicted octanol–water partition coefficient (Wildman–Crippen LogP) is 6.07. The molecule has 0 heterocycles. The van der Waals surface area contributed by atoms with Crippen molar-refractivity contribution >= 4 is 11.4 Å². The quantitative estimate of drug-likeness (QED) is 0.405. The van der Waals surface area contributed by atoms with E-state index < -0.39 is 0 Å². The Kier molecular flexibility index (Phi) is 11.4. The number of unbranched alkanes of at least 4 members (excludes halogenated alkanes) is 3. The van der Waals surface area contributed by atoms with Gasteiger partial charge in [-0.25, -0.2) is 0 Å². The summed E-state index contributed by atoms with van der Waals surface area (Å²) < 4.78 is 5.69. The molecule has 0 fully saturated rings. The summed E-state index contributed by atoms with van der Waals surface area (Å²) in [6.07, 6.45) is 9.08. The Bertz CT molecular complexity index is 405. The van der Waals surface area contributed by atoms with Crippen LogP contribution in [0.4, 0.5) is 11.4 Å². The molecule has 0 aromatic heterocycles. The first-order valence-electron chi connectivity index (χ1n) is 9.87. The third-order valence-corrected chi connectivity index (χ3v) is 4.42. The second-order valence-corrected chi connectivity index (χ2v) is 6.84. The molecular weight excluding hydrogens is 296 g/mol. The molecule has 2 atom stereocenters. The molecule has 0 aliphatic rings. The first kappa shape index (κ1) is 20.8. The van der Waals surface area contributed by atoms with Gasteiger partial charge in [-0.05, 0) is 57.4 Å². The zero-order valence-corrected chi connectivity index (χ0v) is 16.2. The predicted molar refractivity (Wildman–Crippen MR) is 107 cm³/mol. The Morgan fingerprint density at radius 3 is 2.29 bits per heavy atom. The number of rotatable bonds is 14. The molecule has 1 rings (SSSR count). The summed E-state index contributed by atoms with van der Waals surface area (Å²) in [5, 5.41) is 7.05. The number of benzene rings is 1. The molecule has 3 nitrogen and oxygen atoms in total. The molecule has 0 amide bonds. The van der Waals surface area contributed by atoms with Crippen LogP contribution in [0.25, 0.3) is 0 Å². The van der Waals surface area contributed by atoms with Crippen LogP contribution in [0.15, 0.2) is 24.3 Å². The van der Waals surface area contributed by atoms with E-state index in [9.17, 15) is 0 Å². The van der Waals surface area contributed by atoms with Gasteiger partial charge in [-0.15, -0.1) is 0 Å². The van der Waals surface area contributed by atoms with Gasteiger partial charge in [-0.3, -0.25) is 0 Å². The average Bonchev–Trinajstić information content (AvgIpc) is 2.59. The third kappa shape index (κ3) is 9.82. The highest BCUT2D eigenvalue weighted by Crippen LogP contribution is 2.16. The fourth-order valence-electron chi connectivity index (χ4n) is 2.63. The minimum absolute atomic E-state index is 0.374. The topological polar surface area (TPSA) is 33.3 Å². The van der Waals surface area contributed by atoms with Crippen molar-refractivity contribution in [1.82, 2.24) is 0 Å². The van der Waals surface area contributed by atoms with Gasteiger partial charge in [0.1, 0.15) is 0 Å². The molecule has 0 bridgehead atoms. The first-order chi connectivity index (χ1) is 11.7. The number of nitrogens with one attached hydrogen (secondary N) is 2. The fourth-order valence-corrected chi connectivity index (χ4v) is 2.63. The van der Waals surface area contributed by atoms with E-state index in [4.69, 9.17) is 4.74 Å². The van der Waals surface area contributed by atoms with Crippen molar-refractivity contribution in [1.29, 1.82) is 0 Å². The molecule has 2 unspecified atom stereocenters. The molecule has 24 heavy (non-hydrogen) atoms. The highest BCUT2D eigenvalue weighted by Gasteiger charge is 2.02. The normalized spacial score (nSPS) is 13.5. The number of hydrogen-bond acceptors (Lipinski definition) is 3. The molecule has 0 aliphatic carbocycles. The van der Waals surface area contributed by atoms with Crippen molar-refractivity contribution in [3.63, 3.8) is 0 Å². The lowest BCUT2D eigenvalue weighted by molar-refractivity contribution is 0.0635. The lowest BCUT2D eigenvalue weighted by atomic mass is 10.1. The molecule has 1 aromatic rings. The Balaban J connectivity index is 2.18. The first-order valence-corrected chi connectivity index (χ1v) is 9.87. The van der Waals surface area contributed by atoms with Crippen LogP contribution in [-0.4, -0.2) is 25.3 Å². The van der Waals surface area contributed by atoms with Crippen LogP contribution in [0.5, 0.6) is 0 Å². The summed E-state index contributed by atoms with van der Waals surface area (Å²) in [4.78, 5) is 0. The van der Waals surface area contributed by atoms with Crippen molar-refractivity contribution in [2.75, 3.05) is 23.8 Å². The summed E-state index contributed by atoms with van der Waals surface area (Å²) in [6, 6.07) is 9.18. The van der Waals surface area contributed by atoms with Crippen LogP contribution in [-0.2, 0) is 4.74 Å². The van der Waals surface area contributed by atoms with E-state index in [0.29, 0.717) is 12.1 Å². The minimum atomic E-state index is 0.374. The number of ether oxygens (including phenoxy) is 1. The Hall–Kier alpha value is -1.22. The van der Waals surface area contributed by atoms with Crippen LogP contribution in [0, 0.1) is 0 Å². The van der Waals surface area contributed by atoms with Crippen molar-refractivity contribution < 1.29 is 4.74 Å². The zero-order chi connectivity index (χ0) is 17.6. The molecule has 2 N–H and O–H groups in total. The highest BCUT2D eigenvalue weighted by atomic mass is 16.5. The van der Waals surface area contributed by atoms with Crippen LogP contribution >= 0.6 is 0 Å². The maximum atomic E-state index is 5.69. The van der Waals surface area contributed by atoms with Crippen molar-refractivity contribution in [2.45, 2.75) is 84.8 Å². The molecule has 0 saturated heterocycles. The van der Waals surface area contributed by atoms with Crippen LogP contribution in [0.2, 0.25) is 0 Å². The van der Waals surface area contributed by atoms with Crippen LogP contribution < -0.4 is 10.6 Å². The molecule has 0 spiro atoms. The third-order valence-electron chi connectivity index (χ3n) is 4.42. The van der Waals surface area contributed by atoms with E-state index in [1.165, 1.54) is 43.5 Å². The number of anilines is 2. The maximum Gasteiger partial charge on any atom is 0.0544 e. The zero-order valence-electron chi connectivity index (χ0n) is 16.2. The van der Waals surface area contributed by atoms with Gasteiger partial charge in [0.2, 0.25) is 0 Å². The second-order valence-electron chi connectivity index (χ2n) is 6.84. The SMILES string of the molecule is CCCCCCC(C)Nc1ccc(NCCCOC(C)CC)cc1. The molecule has 138 valence electrons. The molecule has 0 aliphatic heterocycles. The Labute approximate surface area is 149 Å². The van der Waals surface area contributed by atoms with Gasteiger partial charge in [0.15, 0.2) is 0 Å². The Morgan fingerprint density at radius 2 is 1.62 bits per heavy atom. The lowest BCUT2D eigenvalue weighted by Gasteiger charge is -2.16. The molecule has 0 radical (unpaired) electrons. The Morgan fingerprint density at radius 1 is 0.917 bits per heavy atom. The summed E-state index contributed by atoms with van der Waals surface area (Å²) >= 11 is 0. The van der Waals surface area contributed by atoms with Crippen LogP contribution in [0.1, 0.15) is 72.6 Å². The van der Waals surface area contributed by atoms with Gasteiger partial charge in [0.05, 0.1) is 6.10 Å². The summed E-state index contributed by atoms with van der Waals surface area (Å²) in [5.74, 6) is 0. The van der Waals surface area contributed by atoms with Crippen LogP contribution in [0.3, 0.4) is 0 Å². The largest absolute Gasteiger partial charge is 0.385 e. The van der Waals surface area contributed by atoms with Gasteiger partial charge in [-0.2, -0.15) is 0 Å². The average molecular weight is 335 g/mol. The molecular formula is C21H38N2O. The molecule has 3 heteroatoms. The van der Waals surface area contributed by atoms with E-state index in [1.54, 1.807) is 0 Å². The van der Waals surface area contributed by atoms with Crippen molar-refractivity contribution in [3.05, 3.63) is 24.3 Å². The van der Waals surface area contributed by atoms with E-state index in [-0.39, 0.29) is 0 Å².